The number of phenolic OH excluding ortho intramolecular Hbond substituents is 2. The Kier molecular flexibility index (Phi) is 4.76. The van der Waals surface area contributed by atoms with Crippen molar-refractivity contribution in [2.75, 3.05) is 14.2 Å². The lowest BCUT2D eigenvalue weighted by Gasteiger charge is -2.34. The normalized spacial score (nSPS) is 11.2. The maximum atomic E-state index is 10.6. The fraction of sp³-hybridized carbons (Fsp3) is 0.182. The van der Waals surface area contributed by atoms with Gasteiger partial charge in [0.2, 0.25) is 0 Å². The highest BCUT2D eigenvalue weighted by molar-refractivity contribution is 5.64. The minimum Gasteiger partial charge on any atom is -0.508 e. The first-order valence-electron chi connectivity index (χ1n) is 8.32. The highest BCUT2D eigenvalue weighted by Gasteiger charge is 2.40. The molecule has 0 saturated heterocycles. The molecule has 0 saturated carbocycles. The molecule has 2 N–H and O–H groups in total. The largest absolute Gasteiger partial charge is 0.508 e. The lowest BCUT2D eigenvalue weighted by Crippen LogP contribution is -2.27. The zero-order valence-electron chi connectivity index (χ0n) is 15.1. The Morgan fingerprint density at radius 2 is 1.08 bits per heavy atom. The van der Waals surface area contributed by atoms with E-state index in [1.165, 1.54) is 0 Å². The molecule has 3 aromatic rings. The molecule has 0 heterocycles. The molecule has 0 radical (unpaired) electrons. The molecule has 4 heteroatoms. The maximum Gasteiger partial charge on any atom is 0.127 e. The summed E-state index contributed by atoms with van der Waals surface area (Å²) in [5, 5.41) is 21.2. The number of phenols is 2. The first kappa shape index (κ1) is 17.7. The van der Waals surface area contributed by atoms with Gasteiger partial charge in [-0.1, -0.05) is 42.5 Å². The third-order valence-electron chi connectivity index (χ3n) is 4.81. The van der Waals surface area contributed by atoms with Crippen LogP contribution in [0.5, 0.6) is 23.0 Å². The van der Waals surface area contributed by atoms with Crippen molar-refractivity contribution in [2.45, 2.75) is 12.3 Å². The van der Waals surface area contributed by atoms with Crippen LogP contribution in [-0.4, -0.2) is 24.4 Å². The Morgan fingerprint density at radius 1 is 0.654 bits per heavy atom. The van der Waals surface area contributed by atoms with Crippen molar-refractivity contribution in [3.63, 3.8) is 0 Å². The summed E-state index contributed by atoms with van der Waals surface area (Å²) in [5.74, 6) is 1.48. The number of aromatic hydroxyl groups is 2. The fourth-order valence-corrected chi connectivity index (χ4v) is 3.55. The molecule has 0 spiro atoms. The first-order chi connectivity index (χ1) is 12.5. The minimum atomic E-state index is -0.908. The Labute approximate surface area is 153 Å². The molecule has 0 fully saturated rings. The molecular formula is C22H22O4. The number of rotatable bonds is 5. The highest BCUT2D eigenvalue weighted by atomic mass is 16.5. The molecule has 0 aliphatic rings. The lowest BCUT2D eigenvalue weighted by atomic mass is 9.69. The number of hydrogen-bond donors (Lipinski definition) is 2. The zero-order valence-corrected chi connectivity index (χ0v) is 15.1. The number of ether oxygens (including phenoxy) is 2. The average molecular weight is 350 g/mol. The molecular weight excluding hydrogens is 328 g/mol. The predicted molar refractivity (Wildman–Crippen MR) is 101 cm³/mol. The maximum absolute atomic E-state index is 10.6. The van der Waals surface area contributed by atoms with Crippen LogP contribution < -0.4 is 9.47 Å². The van der Waals surface area contributed by atoms with Gasteiger partial charge in [-0.05, 0) is 31.2 Å². The van der Waals surface area contributed by atoms with Gasteiger partial charge < -0.3 is 19.7 Å². The fourth-order valence-electron chi connectivity index (χ4n) is 3.55. The monoisotopic (exact) mass is 350 g/mol. The Hall–Kier alpha value is -3.14. The van der Waals surface area contributed by atoms with Crippen LogP contribution in [0.25, 0.3) is 0 Å². The van der Waals surface area contributed by atoms with E-state index < -0.39 is 5.41 Å². The van der Waals surface area contributed by atoms with E-state index in [9.17, 15) is 10.2 Å². The summed E-state index contributed by atoms with van der Waals surface area (Å²) in [4.78, 5) is 0. The van der Waals surface area contributed by atoms with Crippen LogP contribution in [-0.2, 0) is 5.41 Å². The predicted octanol–water partition coefficient (Wildman–Crippen LogP) is 4.47. The highest BCUT2D eigenvalue weighted by Crippen LogP contribution is 2.51. The standard InChI is InChI=1S/C22H22O4/c1-22(15-9-4-6-11-17(15)23,16-10-5-7-12-18(16)24)21-19(25-2)13-8-14-20(21)26-3/h4-14,23-24H,1-3H3. The van der Waals surface area contributed by atoms with Gasteiger partial charge in [0.25, 0.3) is 0 Å². The summed E-state index contributed by atoms with van der Waals surface area (Å²) in [5.41, 5.74) is 1.11. The van der Waals surface area contributed by atoms with Crippen molar-refractivity contribution in [2.24, 2.45) is 0 Å². The van der Waals surface area contributed by atoms with Gasteiger partial charge in [-0.15, -0.1) is 0 Å². The van der Waals surface area contributed by atoms with Gasteiger partial charge in [0.05, 0.1) is 25.2 Å². The van der Waals surface area contributed by atoms with Gasteiger partial charge >= 0.3 is 0 Å². The van der Waals surface area contributed by atoms with Gasteiger partial charge in [0.1, 0.15) is 23.0 Å². The number of hydrogen-bond acceptors (Lipinski definition) is 4. The van der Waals surface area contributed by atoms with Crippen molar-refractivity contribution < 1.29 is 19.7 Å². The molecule has 0 atom stereocenters. The quantitative estimate of drug-likeness (QED) is 0.667. The van der Waals surface area contributed by atoms with E-state index in [0.717, 1.165) is 5.56 Å². The van der Waals surface area contributed by atoms with E-state index in [0.29, 0.717) is 22.6 Å². The Morgan fingerprint density at radius 3 is 1.46 bits per heavy atom. The molecule has 0 unspecified atom stereocenters. The van der Waals surface area contributed by atoms with Gasteiger partial charge in [0.15, 0.2) is 0 Å². The van der Waals surface area contributed by atoms with Crippen molar-refractivity contribution in [1.82, 2.24) is 0 Å². The summed E-state index contributed by atoms with van der Waals surface area (Å²) >= 11 is 0. The minimum absolute atomic E-state index is 0.131. The van der Waals surface area contributed by atoms with Crippen LogP contribution in [0.1, 0.15) is 23.6 Å². The van der Waals surface area contributed by atoms with Gasteiger partial charge in [-0.3, -0.25) is 0 Å². The SMILES string of the molecule is COc1cccc(OC)c1C(C)(c1ccccc1O)c1ccccc1O. The van der Waals surface area contributed by atoms with Crippen molar-refractivity contribution in [3.8, 4) is 23.0 Å². The molecule has 134 valence electrons. The van der Waals surface area contributed by atoms with E-state index in [2.05, 4.69) is 0 Å². The molecule has 4 nitrogen and oxygen atoms in total. The molecule has 0 aliphatic heterocycles. The van der Waals surface area contributed by atoms with Gasteiger partial charge in [-0.25, -0.2) is 0 Å². The second kappa shape index (κ2) is 7.00. The molecule has 0 aromatic heterocycles. The van der Waals surface area contributed by atoms with E-state index in [1.54, 1.807) is 38.5 Å². The van der Waals surface area contributed by atoms with Gasteiger partial charge in [0, 0.05) is 11.1 Å². The van der Waals surface area contributed by atoms with Crippen molar-refractivity contribution in [1.29, 1.82) is 0 Å². The summed E-state index contributed by atoms with van der Waals surface area (Å²) in [6.45, 7) is 1.94. The topological polar surface area (TPSA) is 58.9 Å². The molecule has 0 aliphatic carbocycles. The first-order valence-corrected chi connectivity index (χ1v) is 8.32. The zero-order chi connectivity index (χ0) is 18.7. The summed E-state index contributed by atoms with van der Waals surface area (Å²) in [7, 11) is 3.18. The molecule has 0 amide bonds. The third-order valence-corrected chi connectivity index (χ3v) is 4.81. The van der Waals surface area contributed by atoms with Crippen molar-refractivity contribution in [3.05, 3.63) is 83.4 Å². The van der Waals surface area contributed by atoms with Crippen molar-refractivity contribution >= 4 is 0 Å². The Balaban J connectivity index is 2.45. The van der Waals surface area contributed by atoms with E-state index in [-0.39, 0.29) is 11.5 Å². The summed E-state index contributed by atoms with van der Waals surface area (Å²) in [6, 6.07) is 19.7. The number of methoxy groups -OCH3 is 2. The second-order valence-corrected chi connectivity index (χ2v) is 6.20. The Bertz CT molecular complexity index is 850. The van der Waals surface area contributed by atoms with Crippen LogP contribution in [0.4, 0.5) is 0 Å². The number of benzene rings is 3. The van der Waals surface area contributed by atoms with Crippen LogP contribution in [0, 0.1) is 0 Å². The number of para-hydroxylation sites is 2. The van der Waals surface area contributed by atoms with E-state index in [4.69, 9.17) is 9.47 Å². The van der Waals surface area contributed by atoms with Crippen LogP contribution in [0.15, 0.2) is 66.7 Å². The summed E-state index contributed by atoms with van der Waals surface area (Å²) < 4.78 is 11.2. The smallest absolute Gasteiger partial charge is 0.127 e. The van der Waals surface area contributed by atoms with Gasteiger partial charge in [-0.2, -0.15) is 0 Å². The molecule has 3 rings (SSSR count). The average Bonchev–Trinajstić information content (AvgIpc) is 2.67. The third kappa shape index (κ3) is 2.73. The second-order valence-electron chi connectivity index (χ2n) is 6.20. The van der Waals surface area contributed by atoms with E-state index in [1.807, 2.05) is 49.4 Å². The van der Waals surface area contributed by atoms with Crippen LogP contribution in [0.3, 0.4) is 0 Å². The summed E-state index contributed by atoms with van der Waals surface area (Å²) in [6.07, 6.45) is 0. The van der Waals surface area contributed by atoms with Crippen LogP contribution >= 0.6 is 0 Å². The van der Waals surface area contributed by atoms with Crippen LogP contribution in [0.2, 0.25) is 0 Å². The molecule has 0 bridgehead atoms. The molecule has 26 heavy (non-hydrogen) atoms. The van der Waals surface area contributed by atoms with E-state index >= 15 is 0 Å². The lowest BCUT2D eigenvalue weighted by molar-refractivity contribution is 0.370. The molecule has 3 aromatic carbocycles.